The van der Waals surface area contributed by atoms with E-state index >= 15 is 0 Å². The molecule has 12 nitrogen and oxygen atoms in total. The predicted octanol–water partition coefficient (Wildman–Crippen LogP) is 14.9. The third-order valence-electron chi connectivity index (χ3n) is 17.4. The normalized spacial score (nSPS) is 16.2. The molecule has 0 saturated carbocycles. The van der Waals surface area contributed by atoms with Crippen molar-refractivity contribution in [2.45, 2.75) is 105 Å². The van der Waals surface area contributed by atoms with Gasteiger partial charge in [-0.2, -0.15) is 0 Å². The SMILES string of the molecule is CCOC(=O)N1CCC(=C2c3cc(Cl)c(C)cc3CCc3cccnc32)CC1.COC(=O)N1CCC(=C2c3ccc(C)cc3CCc3cccnc32)CC1.Cc1ccc2c(c1)CCc1cccnc1C2=C1CCN(C(=O)Oc2ccccc2)CC1. The molecule has 3 fully saturated rings. The van der Waals surface area contributed by atoms with Crippen molar-refractivity contribution in [1.82, 2.24) is 29.7 Å². The van der Waals surface area contributed by atoms with E-state index in [1.807, 2.05) is 78.9 Å². The highest BCUT2D eigenvalue weighted by molar-refractivity contribution is 6.31. The maximum Gasteiger partial charge on any atom is 0.415 e. The Hall–Kier alpha value is -8.35. The molecule has 6 aliphatic rings. The maximum atomic E-state index is 12.6. The summed E-state index contributed by atoms with van der Waals surface area (Å²) in [7, 11) is 1.44. The number of ether oxygens (including phenoxy) is 3. The average molecular weight is 1160 g/mol. The van der Waals surface area contributed by atoms with E-state index in [0.717, 1.165) is 105 Å². The van der Waals surface area contributed by atoms with Crippen molar-refractivity contribution in [3.05, 3.63) is 239 Å². The number of hydrogen-bond acceptors (Lipinski definition) is 9. The number of carbonyl (C=O) groups excluding carboxylic acids is 3. The fourth-order valence-corrected chi connectivity index (χ4v) is 13.2. The van der Waals surface area contributed by atoms with Gasteiger partial charge in [0.05, 0.1) is 30.8 Å². The maximum absolute atomic E-state index is 12.6. The van der Waals surface area contributed by atoms with Gasteiger partial charge in [-0.05, 0) is 197 Å². The number of likely N-dealkylation sites (tertiary alicyclic amines) is 3. The molecule has 0 N–H and O–H groups in total. The molecular formula is C72H75ClN6O6. The molecule has 3 amide bonds. The summed E-state index contributed by atoms with van der Waals surface area (Å²) >= 11 is 6.52. The number of methoxy groups -OCH3 is 1. The topological polar surface area (TPSA) is 127 Å². The number of carbonyl (C=O) groups is 3. The van der Waals surface area contributed by atoms with E-state index < -0.39 is 0 Å². The van der Waals surface area contributed by atoms with Gasteiger partial charge >= 0.3 is 18.3 Å². The van der Waals surface area contributed by atoms with Crippen LogP contribution in [0.15, 0.2) is 151 Å². The van der Waals surface area contributed by atoms with Crippen molar-refractivity contribution in [2.24, 2.45) is 0 Å². The Bertz CT molecular complexity index is 3730. The van der Waals surface area contributed by atoms with Crippen LogP contribution < -0.4 is 4.74 Å². The lowest BCUT2D eigenvalue weighted by Crippen LogP contribution is -2.38. The molecule has 3 saturated heterocycles. The van der Waals surface area contributed by atoms with Crippen LogP contribution in [-0.2, 0) is 48.0 Å². The summed E-state index contributed by atoms with van der Waals surface area (Å²) in [6, 6.07) is 39.8. The number of rotatable bonds is 2. The summed E-state index contributed by atoms with van der Waals surface area (Å²) in [5.41, 5.74) is 26.8. The van der Waals surface area contributed by atoms with E-state index in [1.165, 1.54) is 102 Å². The number of aromatic nitrogens is 3. The Morgan fingerprint density at radius 1 is 0.447 bits per heavy atom. The molecule has 13 rings (SSSR count). The van der Waals surface area contributed by atoms with Gasteiger partial charge < -0.3 is 28.9 Å². The van der Waals surface area contributed by atoms with E-state index in [2.05, 4.69) is 87.5 Å². The first-order chi connectivity index (χ1) is 41.4. The predicted molar refractivity (Wildman–Crippen MR) is 336 cm³/mol. The zero-order valence-corrected chi connectivity index (χ0v) is 50.4. The molecule has 0 unspecified atom stereocenters. The third kappa shape index (κ3) is 13.2. The number of pyridine rings is 3. The highest BCUT2D eigenvalue weighted by Crippen LogP contribution is 2.42. The second kappa shape index (κ2) is 26.7. The van der Waals surface area contributed by atoms with E-state index in [-0.39, 0.29) is 18.3 Å². The zero-order valence-electron chi connectivity index (χ0n) is 49.6. The van der Waals surface area contributed by atoms with Crippen LogP contribution in [0, 0.1) is 20.8 Å². The standard InChI is InChI=1S/C27H26N2O2.C23H25ClN2O2.C22H24N2O2/c1-19-9-12-24-22(18-19)11-10-21-6-5-15-28-26(21)25(24)20-13-16-29(17-14-20)27(30)31-23-7-3-2-4-8-23;1-3-28-23(27)26-11-8-16(9-12-26)21-19-14-20(24)15(2)13-18(19)7-6-17-5-4-10-25-22(17)21;1-15-5-8-19-18(14-15)7-6-17-4-3-11-23-21(17)20(19)16-9-12-24(13-10-16)22(25)26-2/h2-9,12,15,18H,10-11,13-14,16-17H2,1H3;4-5,10,13-14H,3,6-9,11-12H2,1-2H3;3-5,8,11,14H,6-7,9-10,12-13H2,1-2H3. The van der Waals surface area contributed by atoms with Gasteiger partial charge in [0.2, 0.25) is 0 Å². The average Bonchev–Trinajstić information content (AvgIpc) is 3.31. The third-order valence-corrected chi connectivity index (χ3v) is 17.8. The summed E-state index contributed by atoms with van der Waals surface area (Å²) < 4.78 is 15.6. The number of piperidine rings is 3. The van der Waals surface area contributed by atoms with E-state index in [4.69, 9.17) is 40.8 Å². The van der Waals surface area contributed by atoms with E-state index in [9.17, 15) is 14.4 Å². The Balaban J connectivity index is 0.000000133. The minimum Gasteiger partial charge on any atom is -0.453 e. The van der Waals surface area contributed by atoms with E-state index in [1.54, 1.807) is 9.80 Å². The lowest BCUT2D eigenvalue weighted by molar-refractivity contribution is 0.104. The summed E-state index contributed by atoms with van der Waals surface area (Å²) in [6.07, 6.45) is 16.1. The number of para-hydroxylation sites is 1. The van der Waals surface area contributed by atoms with Crippen LogP contribution in [-0.4, -0.2) is 101 Å². The van der Waals surface area contributed by atoms with Gasteiger partial charge in [-0.1, -0.05) is 118 Å². The minimum absolute atomic E-state index is 0.218. The molecule has 0 radical (unpaired) electrons. The van der Waals surface area contributed by atoms with Crippen LogP contribution in [0.2, 0.25) is 5.02 Å². The van der Waals surface area contributed by atoms with Gasteiger partial charge in [0.15, 0.2) is 0 Å². The van der Waals surface area contributed by atoms with Crippen LogP contribution in [0.1, 0.15) is 129 Å². The van der Waals surface area contributed by atoms with Crippen molar-refractivity contribution in [3.8, 4) is 5.75 Å². The van der Waals surface area contributed by atoms with Gasteiger partial charge in [0.1, 0.15) is 5.75 Å². The van der Waals surface area contributed by atoms with Crippen LogP contribution in [0.4, 0.5) is 14.4 Å². The monoisotopic (exact) mass is 1150 g/mol. The zero-order chi connectivity index (χ0) is 59.0. The molecule has 4 aromatic carbocycles. The summed E-state index contributed by atoms with van der Waals surface area (Å²) in [5.74, 6) is 0.586. The Morgan fingerprint density at radius 2 is 0.847 bits per heavy atom. The molecular weight excluding hydrogens is 1080 g/mol. The molecule has 3 aliphatic carbocycles. The van der Waals surface area contributed by atoms with Crippen molar-refractivity contribution in [1.29, 1.82) is 0 Å². The van der Waals surface area contributed by atoms with Crippen molar-refractivity contribution >= 4 is 46.6 Å². The lowest BCUT2D eigenvalue weighted by atomic mass is 9.88. The highest BCUT2D eigenvalue weighted by Gasteiger charge is 2.31. The lowest BCUT2D eigenvalue weighted by Gasteiger charge is -2.29. The molecule has 3 aliphatic heterocycles. The molecule has 436 valence electrons. The van der Waals surface area contributed by atoms with Gasteiger partial charge in [-0.15, -0.1) is 0 Å². The molecule has 0 atom stereocenters. The second-order valence-electron chi connectivity index (χ2n) is 22.9. The van der Waals surface area contributed by atoms with Crippen molar-refractivity contribution in [2.75, 3.05) is 53.0 Å². The molecule has 85 heavy (non-hydrogen) atoms. The fraction of sp³-hybridized carbons (Fsp3) is 0.333. The number of nitrogens with zero attached hydrogens (tertiary/aromatic N) is 6. The molecule has 3 aromatic heterocycles. The molecule has 13 heteroatoms. The van der Waals surface area contributed by atoms with Crippen LogP contribution in [0.3, 0.4) is 0 Å². The summed E-state index contributed by atoms with van der Waals surface area (Å²) in [5, 5.41) is 0.792. The molecule has 0 spiro atoms. The van der Waals surface area contributed by atoms with Gasteiger partial charge in [0.25, 0.3) is 0 Å². The number of halogens is 1. The fourth-order valence-electron chi connectivity index (χ4n) is 13.0. The van der Waals surface area contributed by atoms with Gasteiger partial charge in [0, 0.05) is 79.6 Å². The van der Waals surface area contributed by atoms with Crippen LogP contribution in [0.25, 0.3) is 16.7 Å². The number of aryl methyl sites for hydroxylation is 9. The number of benzene rings is 4. The number of fused-ring (bicyclic) bond motifs is 6. The van der Waals surface area contributed by atoms with Gasteiger partial charge in [-0.3, -0.25) is 15.0 Å². The largest absolute Gasteiger partial charge is 0.453 e. The van der Waals surface area contributed by atoms with Crippen molar-refractivity contribution < 1.29 is 28.6 Å². The second-order valence-corrected chi connectivity index (χ2v) is 23.3. The first-order valence-electron chi connectivity index (χ1n) is 30.2. The Kier molecular flexibility index (Phi) is 18.4. The van der Waals surface area contributed by atoms with Crippen LogP contribution in [0.5, 0.6) is 5.75 Å². The Labute approximate surface area is 505 Å². The van der Waals surface area contributed by atoms with Crippen molar-refractivity contribution in [3.63, 3.8) is 0 Å². The quantitative estimate of drug-likeness (QED) is 0.166. The van der Waals surface area contributed by atoms with E-state index in [0.29, 0.717) is 51.6 Å². The molecule has 7 aromatic rings. The molecule has 0 bridgehead atoms. The number of hydrogen-bond donors (Lipinski definition) is 0. The summed E-state index contributed by atoms with van der Waals surface area (Å²) in [4.78, 5) is 56.2. The highest BCUT2D eigenvalue weighted by atomic mass is 35.5. The molecule has 6 heterocycles. The smallest absolute Gasteiger partial charge is 0.415 e. The first-order valence-corrected chi connectivity index (χ1v) is 30.6. The first kappa shape index (κ1) is 58.4. The minimum atomic E-state index is -0.273. The number of amides is 3. The van der Waals surface area contributed by atoms with Gasteiger partial charge in [-0.25, -0.2) is 14.4 Å². The van der Waals surface area contributed by atoms with Crippen LogP contribution >= 0.6 is 11.6 Å². The Morgan fingerprint density at radius 3 is 1.28 bits per heavy atom. The summed E-state index contributed by atoms with van der Waals surface area (Å²) in [6.45, 7) is 12.7.